The van der Waals surface area contributed by atoms with Crippen molar-refractivity contribution in [1.82, 2.24) is 14.5 Å². The lowest BCUT2D eigenvalue weighted by Crippen LogP contribution is -2.39. The van der Waals surface area contributed by atoms with Crippen LogP contribution in [-0.4, -0.2) is 68.7 Å². The number of nitrogens with two attached hydrogens (primary N) is 1. The molecule has 1 atom stereocenters. The van der Waals surface area contributed by atoms with E-state index >= 15 is 0 Å². The summed E-state index contributed by atoms with van der Waals surface area (Å²) in [7, 11) is -3.64. The van der Waals surface area contributed by atoms with Crippen LogP contribution in [0, 0.1) is 5.92 Å². The van der Waals surface area contributed by atoms with Gasteiger partial charge in [0.25, 0.3) is 5.91 Å². The fourth-order valence-corrected chi connectivity index (χ4v) is 4.64. The average Bonchev–Trinajstić information content (AvgIpc) is 3.16. The van der Waals surface area contributed by atoms with Gasteiger partial charge in [-0.15, -0.1) is 0 Å². The lowest BCUT2D eigenvalue weighted by Gasteiger charge is -2.19. The van der Waals surface area contributed by atoms with Crippen LogP contribution >= 0.6 is 0 Å². The minimum absolute atomic E-state index is 0.0653. The lowest BCUT2D eigenvalue weighted by atomic mass is 10.1. The zero-order valence-electron chi connectivity index (χ0n) is 15.8. The molecule has 0 radical (unpaired) electrons. The standard InChI is InChI=1S/C18H28N4O4S/c1-3-22(4-2)27(25,26)16-7-5-6-15(10-16)18(24)20-12-17(23)21-9-8-14(11-19)13-21/h5-7,10,14H,3-4,8-9,11-13,19H2,1-2H3,(H,20,24). The van der Waals surface area contributed by atoms with Crippen LogP contribution in [0.25, 0.3) is 0 Å². The maximum absolute atomic E-state index is 12.6. The summed E-state index contributed by atoms with van der Waals surface area (Å²) >= 11 is 0. The molecule has 8 nitrogen and oxygen atoms in total. The van der Waals surface area contributed by atoms with E-state index in [-0.39, 0.29) is 22.9 Å². The molecular formula is C18H28N4O4S. The Bertz CT molecular complexity index is 777. The van der Waals surface area contributed by atoms with Gasteiger partial charge in [0.05, 0.1) is 11.4 Å². The zero-order valence-corrected chi connectivity index (χ0v) is 16.7. The molecule has 2 amide bonds. The highest BCUT2D eigenvalue weighted by molar-refractivity contribution is 7.89. The van der Waals surface area contributed by atoms with Crippen molar-refractivity contribution in [3.05, 3.63) is 29.8 Å². The monoisotopic (exact) mass is 396 g/mol. The number of amides is 2. The fourth-order valence-electron chi connectivity index (χ4n) is 3.13. The number of likely N-dealkylation sites (tertiary alicyclic amines) is 1. The van der Waals surface area contributed by atoms with Crippen molar-refractivity contribution < 1.29 is 18.0 Å². The van der Waals surface area contributed by atoms with E-state index in [1.54, 1.807) is 18.7 Å². The molecule has 27 heavy (non-hydrogen) atoms. The first-order valence-corrected chi connectivity index (χ1v) is 10.6. The first kappa shape index (κ1) is 21.3. The number of hydrogen-bond acceptors (Lipinski definition) is 5. The van der Waals surface area contributed by atoms with Crippen LogP contribution in [0.4, 0.5) is 0 Å². The minimum Gasteiger partial charge on any atom is -0.343 e. The summed E-state index contributed by atoms with van der Waals surface area (Å²) in [5, 5.41) is 2.57. The van der Waals surface area contributed by atoms with Gasteiger partial charge in [-0.2, -0.15) is 4.31 Å². The molecule has 1 fully saturated rings. The van der Waals surface area contributed by atoms with E-state index in [4.69, 9.17) is 5.73 Å². The van der Waals surface area contributed by atoms with Crippen molar-refractivity contribution in [1.29, 1.82) is 0 Å². The van der Waals surface area contributed by atoms with Crippen LogP contribution in [0.5, 0.6) is 0 Å². The molecule has 0 aliphatic carbocycles. The van der Waals surface area contributed by atoms with Gasteiger partial charge in [0.15, 0.2) is 0 Å². The van der Waals surface area contributed by atoms with Gasteiger partial charge >= 0.3 is 0 Å². The number of carbonyl (C=O) groups is 2. The van der Waals surface area contributed by atoms with Crippen LogP contribution < -0.4 is 11.1 Å². The fraction of sp³-hybridized carbons (Fsp3) is 0.556. The maximum atomic E-state index is 12.6. The Hall–Kier alpha value is -1.97. The molecule has 1 unspecified atom stereocenters. The second-order valence-electron chi connectivity index (χ2n) is 6.53. The third-order valence-electron chi connectivity index (χ3n) is 4.81. The molecule has 1 aromatic rings. The number of rotatable bonds is 8. The number of nitrogens with zero attached hydrogens (tertiary/aromatic N) is 2. The minimum atomic E-state index is -3.64. The molecular weight excluding hydrogens is 368 g/mol. The van der Waals surface area contributed by atoms with Crippen LogP contribution in [0.3, 0.4) is 0 Å². The van der Waals surface area contributed by atoms with Crippen molar-refractivity contribution in [3.8, 4) is 0 Å². The maximum Gasteiger partial charge on any atom is 0.251 e. The van der Waals surface area contributed by atoms with Crippen LogP contribution in [-0.2, 0) is 14.8 Å². The summed E-state index contributed by atoms with van der Waals surface area (Å²) in [5.41, 5.74) is 5.83. The predicted molar refractivity (Wildman–Crippen MR) is 103 cm³/mol. The highest BCUT2D eigenvalue weighted by Gasteiger charge is 2.26. The first-order valence-electron chi connectivity index (χ1n) is 9.19. The van der Waals surface area contributed by atoms with Gasteiger partial charge in [-0.25, -0.2) is 8.42 Å². The van der Waals surface area contributed by atoms with Gasteiger partial charge in [0.1, 0.15) is 0 Å². The molecule has 0 spiro atoms. The van der Waals surface area contributed by atoms with Gasteiger partial charge in [0.2, 0.25) is 15.9 Å². The first-order chi connectivity index (χ1) is 12.8. The van der Waals surface area contributed by atoms with E-state index in [1.807, 2.05) is 0 Å². The third kappa shape index (κ3) is 5.06. The van der Waals surface area contributed by atoms with E-state index in [1.165, 1.54) is 28.6 Å². The van der Waals surface area contributed by atoms with Crippen molar-refractivity contribution in [2.24, 2.45) is 11.7 Å². The van der Waals surface area contributed by atoms with Crippen molar-refractivity contribution in [2.75, 3.05) is 39.3 Å². The molecule has 1 aliphatic rings. The molecule has 150 valence electrons. The van der Waals surface area contributed by atoms with Gasteiger partial charge in [0, 0.05) is 31.7 Å². The van der Waals surface area contributed by atoms with Gasteiger partial charge in [-0.3, -0.25) is 9.59 Å². The highest BCUT2D eigenvalue weighted by atomic mass is 32.2. The number of sulfonamides is 1. The highest BCUT2D eigenvalue weighted by Crippen LogP contribution is 2.17. The lowest BCUT2D eigenvalue weighted by molar-refractivity contribution is -0.129. The van der Waals surface area contributed by atoms with Gasteiger partial charge < -0.3 is 16.0 Å². The Morgan fingerprint density at radius 3 is 2.59 bits per heavy atom. The van der Waals surface area contributed by atoms with Gasteiger partial charge in [-0.05, 0) is 37.1 Å². The van der Waals surface area contributed by atoms with E-state index in [0.29, 0.717) is 38.6 Å². The Balaban J connectivity index is 2.02. The second-order valence-corrected chi connectivity index (χ2v) is 8.47. The van der Waals surface area contributed by atoms with Gasteiger partial charge in [-0.1, -0.05) is 19.9 Å². The number of nitrogens with one attached hydrogen (secondary N) is 1. The van der Waals surface area contributed by atoms with Crippen molar-refractivity contribution in [3.63, 3.8) is 0 Å². The van der Waals surface area contributed by atoms with E-state index in [0.717, 1.165) is 6.42 Å². The van der Waals surface area contributed by atoms with Crippen molar-refractivity contribution in [2.45, 2.75) is 25.2 Å². The summed E-state index contributed by atoms with van der Waals surface area (Å²) in [6.07, 6.45) is 0.876. The normalized spacial score (nSPS) is 17.3. The molecule has 3 N–H and O–H groups in total. The van der Waals surface area contributed by atoms with Crippen molar-refractivity contribution >= 4 is 21.8 Å². The molecule has 9 heteroatoms. The third-order valence-corrected chi connectivity index (χ3v) is 6.86. The van der Waals surface area contributed by atoms with Crippen LogP contribution in [0.15, 0.2) is 29.2 Å². The average molecular weight is 397 g/mol. The topological polar surface area (TPSA) is 113 Å². The molecule has 1 heterocycles. The summed E-state index contributed by atoms with van der Waals surface area (Å²) < 4.78 is 26.5. The molecule has 1 saturated heterocycles. The Kier molecular flexibility index (Phi) is 7.34. The smallest absolute Gasteiger partial charge is 0.251 e. The number of benzene rings is 1. The van der Waals surface area contributed by atoms with E-state index < -0.39 is 15.9 Å². The molecule has 0 bridgehead atoms. The summed E-state index contributed by atoms with van der Waals surface area (Å²) in [5.74, 6) is -0.327. The SMILES string of the molecule is CCN(CC)S(=O)(=O)c1cccc(C(=O)NCC(=O)N2CCC(CN)C2)c1. The number of carbonyl (C=O) groups excluding carboxylic acids is 2. The molecule has 1 aromatic carbocycles. The predicted octanol–water partition coefficient (Wildman–Crippen LogP) is 0.254. The molecule has 0 saturated carbocycles. The summed E-state index contributed by atoms with van der Waals surface area (Å²) in [6.45, 7) is 5.91. The van der Waals surface area contributed by atoms with E-state index in [2.05, 4.69) is 5.32 Å². The molecule has 0 aromatic heterocycles. The van der Waals surface area contributed by atoms with Crippen LogP contribution in [0.1, 0.15) is 30.6 Å². The molecule has 2 rings (SSSR count). The summed E-state index contributed by atoms with van der Waals surface area (Å²) in [4.78, 5) is 26.3. The largest absolute Gasteiger partial charge is 0.343 e. The van der Waals surface area contributed by atoms with E-state index in [9.17, 15) is 18.0 Å². The molecule has 1 aliphatic heterocycles. The Morgan fingerprint density at radius 2 is 2.00 bits per heavy atom. The quantitative estimate of drug-likeness (QED) is 0.654. The number of hydrogen-bond donors (Lipinski definition) is 2. The Morgan fingerprint density at radius 1 is 1.30 bits per heavy atom. The summed E-state index contributed by atoms with van der Waals surface area (Å²) in [6, 6.07) is 5.86. The zero-order chi connectivity index (χ0) is 20.0. The van der Waals surface area contributed by atoms with Crippen LogP contribution in [0.2, 0.25) is 0 Å². The second kappa shape index (κ2) is 9.29. The Labute approximate surface area is 160 Å².